The van der Waals surface area contributed by atoms with E-state index in [-0.39, 0.29) is 0 Å². The third kappa shape index (κ3) is 2.32. The summed E-state index contributed by atoms with van der Waals surface area (Å²) >= 11 is 0. The lowest BCUT2D eigenvalue weighted by Gasteiger charge is -2.08. The molecule has 3 rings (SSSR count). The molecule has 6 nitrogen and oxygen atoms in total. The van der Waals surface area contributed by atoms with Crippen LogP contribution in [-0.4, -0.2) is 9.97 Å². The molecule has 0 aliphatic rings. The first-order valence-electron chi connectivity index (χ1n) is 6.99. The molecule has 0 N–H and O–H groups in total. The highest BCUT2D eigenvalue weighted by Crippen LogP contribution is 2.26. The van der Waals surface area contributed by atoms with Gasteiger partial charge in [-0.25, -0.2) is 9.97 Å². The van der Waals surface area contributed by atoms with Crippen LogP contribution in [0.4, 0.5) is 0 Å². The van der Waals surface area contributed by atoms with Crippen molar-refractivity contribution in [3.05, 3.63) is 57.6 Å². The van der Waals surface area contributed by atoms with Gasteiger partial charge >= 0.3 is 0 Å². The number of hydrogen-bond donors (Lipinski definition) is 0. The standard InChI is InChI=1S/C16H14N4O2/c1-9(19-21)13-7-5-11-3-4-12-6-8-14(10(2)20-22)18-16(12)15(11)17-13/h3-10H,1-2H3. The Kier molecular flexibility index (Phi) is 3.58. The molecule has 0 fully saturated rings. The van der Waals surface area contributed by atoms with Gasteiger partial charge in [-0.1, -0.05) is 34.6 Å². The Balaban J connectivity index is 2.30. The van der Waals surface area contributed by atoms with Crippen molar-refractivity contribution in [3.8, 4) is 0 Å². The van der Waals surface area contributed by atoms with Crippen LogP contribution in [0.3, 0.4) is 0 Å². The van der Waals surface area contributed by atoms with Crippen molar-refractivity contribution in [2.45, 2.75) is 25.9 Å². The molecule has 0 bridgehead atoms. The summed E-state index contributed by atoms with van der Waals surface area (Å²) in [6, 6.07) is 10.3. The SMILES string of the molecule is CC(N=O)c1ccc2ccc3ccc(C(C)N=O)nc3c2n1. The number of fused-ring (bicyclic) bond motifs is 3. The lowest BCUT2D eigenvalue weighted by molar-refractivity contribution is 0.778. The molecule has 0 aliphatic carbocycles. The molecular formula is C16H14N4O2. The van der Waals surface area contributed by atoms with Gasteiger partial charge in [0.15, 0.2) is 0 Å². The van der Waals surface area contributed by atoms with Gasteiger partial charge in [-0.15, -0.1) is 0 Å². The highest BCUT2D eigenvalue weighted by atomic mass is 16.3. The molecule has 1 aromatic carbocycles. The van der Waals surface area contributed by atoms with E-state index in [9.17, 15) is 9.81 Å². The molecule has 22 heavy (non-hydrogen) atoms. The van der Waals surface area contributed by atoms with Crippen LogP contribution in [0.15, 0.2) is 46.8 Å². The maximum absolute atomic E-state index is 10.7. The summed E-state index contributed by atoms with van der Waals surface area (Å²) in [5.74, 6) is 0. The van der Waals surface area contributed by atoms with Gasteiger partial charge in [-0.3, -0.25) is 0 Å². The van der Waals surface area contributed by atoms with E-state index >= 15 is 0 Å². The summed E-state index contributed by atoms with van der Waals surface area (Å²) in [5.41, 5.74) is 2.60. The first-order chi connectivity index (χ1) is 10.6. The maximum Gasteiger partial charge on any atom is 0.131 e. The average molecular weight is 294 g/mol. The molecule has 2 aromatic heterocycles. The fourth-order valence-electron chi connectivity index (χ4n) is 2.37. The van der Waals surface area contributed by atoms with Crippen LogP contribution in [0.1, 0.15) is 37.3 Å². The van der Waals surface area contributed by atoms with Crippen molar-refractivity contribution in [1.82, 2.24) is 9.97 Å². The van der Waals surface area contributed by atoms with Crippen molar-refractivity contribution in [2.75, 3.05) is 0 Å². The summed E-state index contributed by atoms with van der Waals surface area (Å²) in [4.78, 5) is 30.5. The van der Waals surface area contributed by atoms with Crippen molar-refractivity contribution in [3.63, 3.8) is 0 Å². The molecular weight excluding hydrogens is 280 g/mol. The molecule has 0 saturated carbocycles. The Morgan fingerprint density at radius 1 is 0.727 bits per heavy atom. The number of benzene rings is 1. The molecule has 0 spiro atoms. The van der Waals surface area contributed by atoms with Crippen LogP contribution in [-0.2, 0) is 0 Å². The van der Waals surface area contributed by atoms with E-state index in [2.05, 4.69) is 20.3 Å². The zero-order valence-corrected chi connectivity index (χ0v) is 12.2. The van der Waals surface area contributed by atoms with E-state index in [1.807, 2.05) is 24.3 Å². The molecule has 0 amide bonds. The number of pyridine rings is 2. The quantitative estimate of drug-likeness (QED) is 0.526. The summed E-state index contributed by atoms with van der Waals surface area (Å²) in [5, 5.41) is 7.87. The first kappa shape index (κ1) is 14.2. The normalized spacial score (nSPS) is 13.9. The molecule has 3 aromatic rings. The summed E-state index contributed by atoms with van der Waals surface area (Å²) in [6.07, 6.45) is 0. The van der Waals surface area contributed by atoms with Crippen LogP contribution in [0.2, 0.25) is 0 Å². The van der Waals surface area contributed by atoms with Crippen molar-refractivity contribution in [1.29, 1.82) is 0 Å². The lowest BCUT2D eigenvalue weighted by Crippen LogP contribution is -1.97. The fourth-order valence-corrected chi connectivity index (χ4v) is 2.37. The van der Waals surface area contributed by atoms with Crippen molar-refractivity contribution >= 4 is 21.8 Å². The Morgan fingerprint density at radius 2 is 1.09 bits per heavy atom. The van der Waals surface area contributed by atoms with Gasteiger partial charge in [0.2, 0.25) is 0 Å². The van der Waals surface area contributed by atoms with Crippen LogP contribution in [0, 0.1) is 9.81 Å². The molecule has 0 saturated heterocycles. The molecule has 2 atom stereocenters. The Hall–Kier alpha value is -2.76. The third-order valence-corrected chi connectivity index (χ3v) is 3.74. The molecule has 2 heterocycles. The summed E-state index contributed by atoms with van der Waals surface area (Å²) < 4.78 is 0. The maximum atomic E-state index is 10.7. The zero-order chi connectivity index (χ0) is 15.7. The number of aromatic nitrogens is 2. The van der Waals surface area contributed by atoms with E-state index in [1.54, 1.807) is 26.0 Å². The lowest BCUT2D eigenvalue weighted by atomic mass is 10.1. The Morgan fingerprint density at radius 3 is 1.45 bits per heavy atom. The molecule has 6 heteroatoms. The second-order valence-corrected chi connectivity index (χ2v) is 5.24. The monoisotopic (exact) mass is 294 g/mol. The predicted octanol–water partition coefficient (Wildman–Crippen LogP) is 4.44. The van der Waals surface area contributed by atoms with Crippen molar-refractivity contribution < 1.29 is 0 Å². The smallest absolute Gasteiger partial charge is 0.131 e. The number of nitroso groups, excluding NO2 is 2. The van der Waals surface area contributed by atoms with Gasteiger partial charge in [-0.05, 0) is 26.0 Å². The number of nitrogens with zero attached hydrogens (tertiary/aromatic N) is 4. The molecule has 2 unspecified atom stereocenters. The Labute approximate surface area is 126 Å². The summed E-state index contributed by atoms with van der Waals surface area (Å²) in [6.45, 7) is 3.40. The van der Waals surface area contributed by atoms with Gasteiger partial charge < -0.3 is 0 Å². The minimum absolute atomic E-state index is 0.515. The first-order valence-corrected chi connectivity index (χ1v) is 6.99. The Bertz CT molecular complexity index is 806. The third-order valence-electron chi connectivity index (χ3n) is 3.74. The predicted molar refractivity (Wildman–Crippen MR) is 85.5 cm³/mol. The number of hydrogen-bond acceptors (Lipinski definition) is 6. The van der Waals surface area contributed by atoms with E-state index < -0.39 is 12.1 Å². The van der Waals surface area contributed by atoms with E-state index in [0.29, 0.717) is 22.4 Å². The minimum Gasteiger partial charge on any atom is -0.248 e. The van der Waals surface area contributed by atoms with Crippen LogP contribution in [0.25, 0.3) is 21.8 Å². The van der Waals surface area contributed by atoms with Gasteiger partial charge in [0.1, 0.15) is 12.1 Å². The van der Waals surface area contributed by atoms with E-state index in [4.69, 9.17) is 0 Å². The molecule has 110 valence electrons. The summed E-state index contributed by atoms with van der Waals surface area (Å²) in [7, 11) is 0. The van der Waals surface area contributed by atoms with E-state index in [0.717, 1.165) is 10.8 Å². The van der Waals surface area contributed by atoms with Crippen LogP contribution < -0.4 is 0 Å². The van der Waals surface area contributed by atoms with Crippen LogP contribution in [0.5, 0.6) is 0 Å². The van der Waals surface area contributed by atoms with Gasteiger partial charge in [0.05, 0.1) is 22.4 Å². The van der Waals surface area contributed by atoms with E-state index in [1.165, 1.54) is 0 Å². The average Bonchev–Trinajstić information content (AvgIpc) is 2.59. The molecule has 0 aliphatic heterocycles. The molecule has 0 radical (unpaired) electrons. The van der Waals surface area contributed by atoms with Crippen LogP contribution >= 0.6 is 0 Å². The highest BCUT2D eigenvalue weighted by Gasteiger charge is 2.12. The van der Waals surface area contributed by atoms with Gasteiger partial charge in [-0.2, -0.15) is 9.81 Å². The highest BCUT2D eigenvalue weighted by molar-refractivity contribution is 6.02. The minimum atomic E-state index is -0.515. The van der Waals surface area contributed by atoms with Crippen molar-refractivity contribution in [2.24, 2.45) is 10.4 Å². The second kappa shape index (κ2) is 5.55. The largest absolute Gasteiger partial charge is 0.248 e. The fraction of sp³-hybridized carbons (Fsp3) is 0.250. The zero-order valence-electron chi connectivity index (χ0n) is 12.2. The van der Waals surface area contributed by atoms with Gasteiger partial charge in [0.25, 0.3) is 0 Å². The number of rotatable bonds is 4. The topological polar surface area (TPSA) is 84.6 Å². The van der Waals surface area contributed by atoms with Gasteiger partial charge in [0, 0.05) is 10.8 Å². The second-order valence-electron chi connectivity index (χ2n) is 5.24.